The third-order valence-corrected chi connectivity index (χ3v) is 5.10. The van der Waals surface area contributed by atoms with Crippen molar-refractivity contribution in [1.82, 2.24) is 5.43 Å². The first-order valence-corrected chi connectivity index (χ1v) is 9.65. The summed E-state index contributed by atoms with van der Waals surface area (Å²) in [5.41, 5.74) is 7.61. The van der Waals surface area contributed by atoms with Crippen molar-refractivity contribution in [3.8, 4) is 11.5 Å². The van der Waals surface area contributed by atoms with Gasteiger partial charge >= 0.3 is 0 Å². The van der Waals surface area contributed by atoms with Crippen molar-refractivity contribution in [3.05, 3.63) is 89.0 Å². The van der Waals surface area contributed by atoms with Gasteiger partial charge in [-0.25, -0.2) is 5.43 Å². The van der Waals surface area contributed by atoms with E-state index in [1.165, 1.54) is 11.1 Å². The molecule has 0 aliphatic carbocycles. The highest BCUT2D eigenvalue weighted by molar-refractivity contribution is 5.95. The molecule has 1 amide bonds. The Morgan fingerprint density at radius 3 is 2.37 bits per heavy atom. The minimum atomic E-state index is -0.259. The van der Waals surface area contributed by atoms with Crippen LogP contribution >= 0.6 is 0 Å². The zero-order chi connectivity index (χ0) is 20.9. The Morgan fingerprint density at radius 2 is 1.67 bits per heavy atom. The molecular weight excluding hydrogens is 378 g/mol. The van der Waals surface area contributed by atoms with Crippen molar-refractivity contribution in [2.75, 3.05) is 19.1 Å². The number of ether oxygens (including phenoxy) is 2. The number of hydrazone groups is 1. The maximum atomic E-state index is 12.6. The molecule has 0 atom stereocenters. The third kappa shape index (κ3) is 4.12. The van der Waals surface area contributed by atoms with Crippen LogP contribution in [0.25, 0.3) is 0 Å². The molecule has 1 aliphatic rings. The Hall–Kier alpha value is -3.80. The fraction of sp³-hybridized carbons (Fsp3) is 0.167. The van der Waals surface area contributed by atoms with E-state index in [1.54, 1.807) is 38.6 Å². The SMILES string of the molecule is COc1ccc(/C=N\NC(=O)c2cccc(N3Cc4ccccc4C3)c2)cc1OC. The molecule has 30 heavy (non-hydrogen) atoms. The van der Waals surface area contributed by atoms with Gasteiger partial charge in [0.05, 0.1) is 20.4 Å². The fourth-order valence-corrected chi connectivity index (χ4v) is 3.52. The van der Waals surface area contributed by atoms with Crippen LogP contribution in [0.2, 0.25) is 0 Å². The Kier molecular flexibility index (Phi) is 5.66. The molecule has 0 saturated heterocycles. The summed E-state index contributed by atoms with van der Waals surface area (Å²) in [6.45, 7) is 1.69. The fourth-order valence-electron chi connectivity index (χ4n) is 3.52. The van der Waals surface area contributed by atoms with Crippen LogP contribution in [0.5, 0.6) is 11.5 Å². The summed E-state index contributed by atoms with van der Waals surface area (Å²) >= 11 is 0. The van der Waals surface area contributed by atoms with Crippen LogP contribution in [0.15, 0.2) is 71.8 Å². The van der Waals surface area contributed by atoms with Crippen molar-refractivity contribution in [2.24, 2.45) is 5.10 Å². The van der Waals surface area contributed by atoms with E-state index in [0.717, 1.165) is 24.3 Å². The highest BCUT2D eigenvalue weighted by Gasteiger charge is 2.19. The van der Waals surface area contributed by atoms with Crippen LogP contribution in [-0.2, 0) is 13.1 Å². The van der Waals surface area contributed by atoms with E-state index in [0.29, 0.717) is 17.1 Å². The maximum absolute atomic E-state index is 12.6. The van der Waals surface area contributed by atoms with Gasteiger partial charge < -0.3 is 14.4 Å². The molecule has 0 radical (unpaired) electrons. The van der Waals surface area contributed by atoms with Gasteiger partial charge in [0.15, 0.2) is 11.5 Å². The van der Waals surface area contributed by atoms with Crippen molar-refractivity contribution >= 4 is 17.8 Å². The molecule has 1 heterocycles. The number of anilines is 1. The Labute approximate surface area is 175 Å². The molecular formula is C24H23N3O3. The molecule has 0 saturated carbocycles. The predicted octanol–water partition coefficient (Wildman–Crippen LogP) is 3.99. The smallest absolute Gasteiger partial charge is 0.271 e. The summed E-state index contributed by atoms with van der Waals surface area (Å²) in [7, 11) is 3.16. The minimum absolute atomic E-state index is 0.259. The minimum Gasteiger partial charge on any atom is -0.493 e. The zero-order valence-electron chi connectivity index (χ0n) is 17.0. The summed E-state index contributed by atoms with van der Waals surface area (Å²) in [4.78, 5) is 14.8. The molecule has 1 N–H and O–H groups in total. The zero-order valence-corrected chi connectivity index (χ0v) is 17.0. The van der Waals surface area contributed by atoms with Gasteiger partial charge in [-0.1, -0.05) is 30.3 Å². The number of nitrogens with zero attached hydrogens (tertiary/aromatic N) is 2. The summed E-state index contributed by atoms with van der Waals surface area (Å²) in [5.74, 6) is 0.983. The Morgan fingerprint density at radius 1 is 0.933 bits per heavy atom. The van der Waals surface area contributed by atoms with E-state index in [1.807, 2.05) is 24.3 Å². The predicted molar refractivity (Wildman–Crippen MR) is 117 cm³/mol. The molecule has 3 aromatic carbocycles. The number of methoxy groups -OCH3 is 2. The van der Waals surface area contributed by atoms with E-state index in [2.05, 4.69) is 39.7 Å². The highest BCUT2D eigenvalue weighted by Crippen LogP contribution is 2.29. The Bertz CT molecular complexity index is 1070. The molecule has 0 bridgehead atoms. The summed E-state index contributed by atoms with van der Waals surface area (Å²) in [5, 5.41) is 4.07. The number of fused-ring (bicyclic) bond motifs is 1. The van der Waals surface area contributed by atoms with Crippen LogP contribution in [0, 0.1) is 0 Å². The number of carbonyl (C=O) groups excluding carboxylic acids is 1. The molecule has 0 spiro atoms. The number of carbonyl (C=O) groups is 1. The van der Waals surface area contributed by atoms with Crippen molar-refractivity contribution in [2.45, 2.75) is 13.1 Å². The third-order valence-electron chi connectivity index (χ3n) is 5.10. The van der Waals surface area contributed by atoms with Crippen molar-refractivity contribution in [1.29, 1.82) is 0 Å². The topological polar surface area (TPSA) is 63.2 Å². The lowest BCUT2D eigenvalue weighted by atomic mass is 10.1. The van der Waals surface area contributed by atoms with Crippen LogP contribution in [-0.4, -0.2) is 26.3 Å². The molecule has 4 rings (SSSR count). The highest BCUT2D eigenvalue weighted by atomic mass is 16.5. The maximum Gasteiger partial charge on any atom is 0.271 e. The van der Waals surface area contributed by atoms with E-state index in [4.69, 9.17) is 9.47 Å². The summed E-state index contributed by atoms with van der Waals surface area (Å²) in [6, 6.07) is 21.4. The summed E-state index contributed by atoms with van der Waals surface area (Å²) in [6.07, 6.45) is 1.57. The van der Waals surface area contributed by atoms with Gasteiger partial charge in [0.2, 0.25) is 0 Å². The second-order valence-electron chi connectivity index (χ2n) is 6.99. The molecule has 6 heteroatoms. The molecule has 152 valence electrons. The first-order valence-electron chi connectivity index (χ1n) is 9.65. The standard InChI is InChI=1S/C24H23N3O3/c1-29-22-11-10-17(12-23(22)30-2)14-25-26-24(28)18-8-5-9-21(13-18)27-15-19-6-3-4-7-20(19)16-27/h3-14H,15-16H2,1-2H3,(H,26,28)/b25-14-. The molecule has 0 fully saturated rings. The van der Waals surface area contributed by atoms with E-state index < -0.39 is 0 Å². The van der Waals surface area contributed by atoms with E-state index >= 15 is 0 Å². The molecule has 0 unspecified atom stereocenters. The van der Waals surface area contributed by atoms with Gasteiger partial charge in [-0.3, -0.25) is 4.79 Å². The van der Waals surface area contributed by atoms with Crippen LogP contribution in [0.3, 0.4) is 0 Å². The van der Waals surface area contributed by atoms with E-state index in [9.17, 15) is 4.79 Å². The van der Waals surface area contributed by atoms with Crippen molar-refractivity contribution < 1.29 is 14.3 Å². The van der Waals surface area contributed by atoms with Gasteiger partial charge in [-0.2, -0.15) is 5.10 Å². The van der Waals surface area contributed by atoms with Gasteiger partial charge in [0, 0.05) is 24.3 Å². The van der Waals surface area contributed by atoms with E-state index in [-0.39, 0.29) is 5.91 Å². The molecule has 3 aromatic rings. The van der Waals surface area contributed by atoms with Gasteiger partial charge in [0.25, 0.3) is 5.91 Å². The average Bonchev–Trinajstić information content (AvgIpc) is 3.23. The monoisotopic (exact) mass is 401 g/mol. The number of nitrogens with one attached hydrogen (secondary N) is 1. The molecule has 1 aliphatic heterocycles. The number of benzene rings is 3. The first-order chi connectivity index (χ1) is 14.7. The second kappa shape index (κ2) is 8.69. The summed E-state index contributed by atoms with van der Waals surface area (Å²) < 4.78 is 10.5. The lowest BCUT2D eigenvalue weighted by Gasteiger charge is -2.18. The number of rotatable bonds is 6. The normalized spacial score (nSPS) is 12.7. The number of amides is 1. The van der Waals surface area contributed by atoms with Gasteiger partial charge in [0.1, 0.15) is 0 Å². The quantitative estimate of drug-likeness (QED) is 0.501. The molecule has 0 aromatic heterocycles. The van der Waals surface area contributed by atoms with Crippen LogP contribution in [0.1, 0.15) is 27.0 Å². The van der Waals surface area contributed by atoms with Gasteiger partial charge in [-0.15, -0.1) is 0 Å². The van der Waals surface area contributed by atoms with Gasteiger partial charge in [-0.05, 0) is 53.1 Å². The number of hydrogen-bond acceptors (Lipinski definition) is 5. The lowest BCUT2D eigenvalue weighted by Crippen LogP contribution is -2.19. The Balaban J connectivity index is 1.42. The second-order valence-corrected chi connectivity index (χ2v) is 6.99. The van der Waals surface area contributed by atoms with Crippen LogP contribution < -0.4 is 19.8 Å². The van der Waals surface area contributed by atoms with Crippen LogP contribution in [0.4, 0.5) is 5.69 Å². The van der Waals surface area contributed by atoms with Crippen molar-refractivity contribution in [3.63, 3.8) is 0 Å². The lowest BCUT2D eigenvalue weighted by molar-refractivity contribution is 0.0955. The largest absolute Gasteiger partial charge is 0.493 e. The molecule has 6 nitrogen and oxygen atoms in total. The number of hydrogen-bond donors (Lipinski definition) is 1. The first kappa shape index (κ1) is 19.5. The average molecular weight is 401 g/mol.